The van der Waals surface area contributed by atoms with Crippen LogP contribution in [0.25, 0.3) is 0 Å². The van der Waals surface area contributed by atoms with E-state index in [0.717, 1.165) is 32.1 Å². The fourth-order valence-corrected chi connectivity index (χ4v) is 5.60. The molecule has 118 valence electrons. The first-order valence-corrected chi connectivity index (χ1v) is 9.33. The zero-order chi connectivity index (χ0) is 15.0. The number of nitrogens with two attached hydrogens (primary N) is 1. The summed E-state index contributed by atoms with van der Waals surface area (Å²) in [5, 5.41) is 4.08. The third kappa shape index (κ3) is 2.57. The first kappa shape index (κ1) is 14.8. The number of nitrogens with zero attached hydrogens (tertiary/aromatic N) is 3. The van der Waals surface area contributed by atoms with Crippen molar-refractivity contribution in [3.8, 4) is 0 Å². The molecular formula is C14H24N4O2S. The molecule has 2 heterocycles. The Labute approximate surface area is 126 Å². The maximum Gasteiger partial charge on any atom is 0.248 e. The summed E-state index contributed by atoms with van der Waals surface area (Å²) in [4.78, 5) is 0.176. The fourth-order valence-electron chi connectivity index (χ4n) is 3.78. The maximum absolute atomic E-state index is 13.0. The van der Waals surface area contributed by atoms with E-state index >= 15 is 0 Å². The lowest BCUT2D eigenvalue weighted by Gasteiger charge is -2.42. The van der Waals surface area contributed by atoms with Crippen LogP contribution in [0.2, 0.25) is 0 Å². The van der Waals surface area contributed by atoms with Crippen LogP contribution in [0.1, 0.15) is 45.4 Å². The van der Waals surface area contributed by atoms with Crippen molar-refractivity contribution in [2.45, 2.75) is 62.9 Å². The van der Waals surface area contributed by atoms with Gasteiger partial charge in [-0.3, -0.25) is 4.68 Å². The molecule has 1 aliphatic heterocycles. The Morgan fingerprint density at radius 1 is 1.29 bits per heavy atom. The van der Waals surface area contributed by atoms with Crippen molar-refractivity contribution in [3.63, 3.8) is 0 Å². The highest BCUT2D eigenvalue weighted by Crippen LogP contribution is 2.38. The van der Waals surface area contributed by atoms with Gasteiger partial charge in [-0.25, -0.2) is 8.42 Å². The lowest BCUT2D eigenvalue weighted by atomic mass is 9.79. The van der Waals surface area contributed by atoms with Gasteiger partial charge in [0.2, 0.25) is 10.0 Å². The average Bonchev–Trinajstić information content (AvgIpc) is 2.88. The highest BCUT2D eigenvalue weighted by Gasteiger charge is 2.41. The molecule has 0 amide bonds. The van der Waals surface area contributed by atoms with E-state index in [4.69, 9.17) is 5.73 Å². The molecule has 0 spiro atoms. The molecule has 1 saturated heterocycles. The molecule has 2 fully saturated rings. The van der Waals surface area contributed by atoms with Gasteiger partial charge in [0, 0.05) is 25.3 Å². The second-order valence-corrected chi connectivity index (χ2v) is 7.96. The molecule has 2 atom stereocenters. The first-order chi connectivity index (χ1) is 10.0. The third-order valence-corrected chi connectivity index (χ3v) is 6.80. The zero-order valence-corrected chi connectivity index (χ0v) is 13.3. The number of aromatic nitrogens is 2. The number of anilines is 1. The number of aryl methyl sites for hydroxylation is 1. The summed E-state index contributed by atoms with van der Waals surface area (Å²) in [6.07, 6.45) is 8.15. The molecule has 1 aliphatic carbocycles. The summed E-state index contributed by atoms with van der Waals surface area (Å²) in [7, 11) is -3.53. The molecule has 21 heavy (non-hydrogen) atoms. The summed E-state index contributed by atoms with van der Waals surface area (Å²) in [6, 6.07) is 0.155. The minimum atomic E-state index is -3.53. The van der Waals surface area contributed by atoms with Crippen molar-refractivity contribution in [2.24, 2.45) is 5.92 Å². The molecule has 7 heteroatoms. The average molecular weight is 312 g/mol. The number of rotatable bonds is 3. The van der Waals surface area contributed by atoms with E-state index in [2.05, 4.69) is 5.10 Å². The molecule has 0 unspecified atom stereocenters. The van der Waals surface area contributed by atoms with E-state index in [1.807, 2.05) is 6.92 Å². The molecule has 2 N–H and O–H groups in total. The van der Waals surface area contributed by atoms with Gasteiger partial charge in [-0.05, 0) is 38.5 Å². The van der Waals surface area contributed by atoms with Gasteiger partial charge in [0.1, 0.15) is 4.90 Å². The Kier molecular flexibility index (Phi) is 3.96. The van der Waals surface area contributed by atoms with E-state index in [9.17, 15) is 8.42 Å². The van der Waals surface area contributed by atoms with Gasteiger partial charge < -0.3 is 5.73 Å². The van der Waals surface area contributed by atoms with E-state index in [-0.39, 0.29) is 16.8 Å². The van der Waals surface area contributed by atoms with Gasteiger partial charge in [0.15, 0.2) is 5.82 Å². The number of hydrogen-bond acceptors (Lipinski definition) is 4. The Balaban J connectivity index is 1.94. The van der Waals surface area contributed by atoms with Gasteiger partial charge >= 0.3 is 0 Å². The minimum absolute atomic E-state index is 0.120. The number of fused-ring (bicyclic) bond motifs is 1. The van der Waals surface area contributed by atoms with Crippen molar-refractivity contribution >= 4 is 15.8 Å². The van der Waals surface area contributed by atoms with E-state index in [1.54, 1.807) is 15.2 Å². The summed E-state index contributed by atoms with van der Waals surface area (Å²) >= 11 is 0. The number of sulfonamides is 1. The number of piperidine rings is 1. The third-order valence-electron chi connectivity index (χ3n) is 4.86. The minimum Gasteiger partial charge on any atom is -0.381 e. The number of hydrogen-bond donors (Lipinski definition) is 1. The molecule has 6 nitrogen and oxygen atoms in total. The van der Waals surface area contributed by atoms with Crippen LogP contribution in [0.15, 0.2) is 11.1 Å². The van der Waals surface area contributed by atoms with Crippen molar-refractivity contribution in [3.05, 3.63) is 6.20 Å². The van der Waals surface area contributed by atoms with Crippen LogP contribution in [0, 0.1) is 5.92 Å². The molecule has 0 radical (unpaired) electrons. The van der Waals surface area contributed by atoms with Gasteiger partial charge in [0.25, 0.3) is 0 Å². The second kappa shape index (κ2) is 5.61. The predicted molar refractivity (Wildman–Crippen MR) is 81.2 cm³/mol. The zero-order valence-electron chi connectivity index (χ0n) is 12.5. The molecule has 1 aromatic heterocycles. The van der Waals surface area contributed by atoms with Gasteiger partial charge in [-0.2, -0.15) is 9.40 Å². The van der Waals surface area contributed by atoms with E-state index in [0.29, 0.717) is 19.0 Å². The lowest BCUT2D eigenvalue weighted by Crippen LogP contribution is -2.49. The van der Waals surface area contributed by atoms with Crippen LogP contribution in [0.5, 0.6) is 0 Å². The Bertz CT molecular complexity index is 608. The highest BCUT2D eigenvalue weighted by molar-refractivity contribution is 7.89. The molecule has 3 rings (SSSR count). The van der Waals surface area contributed by atoms with Gasteiger partial charge in [-0.1, -0.05) is 12.8 Å². The van der Waals surface area contributed by atoms with E-state index < -0.39 is 10.0 Å². The summed E-state index contributed by atoms with van der Waals surface area (Å²) in [5.74, 6) is 0.638. The highest BCUT2D eigenvalue weighted by atomic mass is 32.2. The van der Waals surface area contributed by atoms with Crippen molar-refractivity contribution in [1.82, 2.24) is 14.1 Å². The second-order valence-electron chi connectivity index (χ2n) is 6.10. The first-order valence-electron chi connectivity index (χ1n) is 7.89. The predicted octanol–water partition coefficient (Wildman–Crippen LogP) is 1.83. The van der Waals surface area contributed by atoms with Crippen molar-refractivity contribution < 1.29 is 8.42 Å². The Morgan fingerprint density at radius 3 is 2.71 bits per heavy atom. The molecule has 1 aromatic rings. The largest absolute Gasteiger partial charge is 0.381 e. The molecule has 0 aromatic carbocycles. The quantitative estimate of drug-likeness (QED) is 0.923. The van der Waals surface area contributed by atoms with Crippen molar-refractivity contribution in [1.29, 1.82) is 0 Å². The van der Waals surface area contributed by atoms with Crippen LogP contribution in [0.3, 0.4) is 0 Å². The topological polar surface area (TPSA) is 81.2 Å². The van der Waals surface area contributed by atoms with E-state index in [1.165, 1.54) is 6.42 Å². The van der Waals surface area contributed by atoms with Gasteiger partial charge in [-0.15, -0.1) is 0 Å². The van der Waals surface area contributed by atoms with Gasteiger partial charge in [0.05, 0.1) is 0 Å². The standard InChI is InChI=1S/C14H24N4O2S/c1-2-17-10-13(14(15)16-17)21(19,20)18-9-5-7-11-6-3-4-8-12(11)18/h10-12H,2-9H2,1H3,(H2,15,16)/t11-,12-/m1/s1. The van der Waals surface area contributed by atoms with Crippen LogP contribution in [-0.2, 0) is 16.6 Å². The molecule has 0 bridgehead atoms. The van der Waals surface area contributed by atoms with Crippen LogP contribution < -0.4 is 5.73 Å². The smallest absolute Gasteiger partial charge is 0.248 e. The lowest BCUT2D eigenvalue weighted by molar-refractivity contribution is 0.129. The summed E-state index contributed by atoms with van der Waals surface area (Å²) in [5.41, 5.74) is 5.84. The van der Waals surface area contributed by atoms with Crippen LogP contribution >= 0.6 is 0 Å². The van der Waals surface area contributed by atoms with Crippen molar-refractivity contribution in [2.75, 3.05) is 12.3 Å². The SMILES string of the molecule is CCn1cc(S(=O)(=O)N2CCC[C@H]3CCCC[C@H]32)c(N)n1. The Morgan fingerprint density at radius 2 is 2.00 bits per heavy atom. The monoisotopic (exact) mass is 312 g/mol. The summed E-state index contributed by atoms with van der Waals surface area (Å²) < 4.78 is 29.3. The van der Waals surface area contributed by atoms with Crippen LogP contribution in [-0.4, -0.2) is 35.1 Å². The Hall–Kier alpha value is -1.08. The molecule has 1 saturated carbocycles. The number of nitrogen functional groups attached to an aromatic ring is 1. The normalized spacial score (nSPS) is 27.5. The molecular weight excluding hydrogens is 288 g/mol. The fraction of sp³-hybridized carbons (Fsp3) is 0.786. The van der Waals surface area contributed by atoms with Crippen LogP contribution in [0.4, 0.5) is 5.82 Å². The maximum atomic E-state index is 13.0. The summed E-state index contributed by atoms with van der Waals surface area (Å²) in [6.45, 7) is 3.15. The molecule has 2 aliphatic rings.